The smallest absolute Gasteiger partial charge is 0.211 e. The second-order valence-electron chi connectivity index (χ2n) is 4.92. The summed E-state index contributed by atoms with van der Waals surface area (Å²) >= 11 is 0. The molecule has 2 rings (SSSR count). The number of hydrogen-bond acceptors (Lipinski definition) is 3. The summed E-state index contributed by atoms with van der Waals surface area (Å²) in [5.74, 6) is 0.850. The molecule has 0 amide bonds. The lowest BCUT2D eigenvalue weighted by atomic mass is 10.1. The monoisotopic (exact) mass is 268 g/mol. The Morgan fingerprint density at radius 3 is 2.56 bits per heavy atom. The minimum absolute atomic E-state index is 0.221. The van der Waals surface area contributed by atoms with Crippen LogP contribution in [0.1, 0.15) is 30.9 Å². The minimum Gasteiger partial charge on any atom is -0.323 e. The minimum atomic E-state index is -3.17. The van der Waals surface area contributed by atoms with Crippen LogP contribution >= 0.6 is 0 Å². The zero-order chi connectivity index (χ0) is 13.0. The molecule has 1 aromatic carbocycles. The highest BCUT2D eigenvalue weighted by Crippen LogP contribution is 2.32. The van der Waals surface area contributed by atoms with E-state index in [0.717, 1.165) is 12.0 Å². The molecule has 0 aliphatic heterocycles. The summed E-state index contributed by atoms with van der Waals surface area (Å²) in [5.41, 5.74) is 6.89. The largest absolute Gasteiger partial charge is 0.323 e. The van der Waals surface area contributed by atoms with Crippen molar-refractivity contribution in [3.05, 3.63) is 35.9 Å². The van der Waals surface area contributed by atoms with Crippen molar-refractivity contribution >= 4 is 10.0 Å². The van der Waals surface area contributed by atoms with E-state index < -0.39 is 10.0 Å². The van der Waals surface area contributed by atoms with Crippen LogP contribution in [-0.4, -0.2) is 20.7 Å². The zero-order valence-electron chi connectivity index (χ0n) is 10.4. The number of nitrogens with one attached hydrogen (secondary N) is 1. The van der Waals surface area contributed by atoms with Gasteiger partial charge in [0, 0.05) is 12.6 Å². The van der Waals surface area contributed by atoms with Gasteiger partial charge >= 0.3 is 0 Å². The van der Waals surface area contributed by atoms with E-state index in [9.17, 15) is 8.42 Å². The second-order valence-corrected chi connectivity index (χ2v) is 6.84. The van der Waals surface area contributed by atoms with Crippen molar-refractivity contribution in [2.45, 2.75) is 25.3 Å². The lowest BCUT2D eigenvalue weighted by molar-refractivity contribution is 0.567. The third-order valence-electron chi connectivity index (χ3n) is 3.24. The van der Waals surface area contributed by atoms with Crippen molar-refractivity contribution in [1.82, 2.24) is 4.72 Å². The fourth-order valence-electron chi connectivity index (χ4n) is 1.84. The van der Waals surface area contributed by atoms with E-state index in [1.54, 1.807) is 0 Å². The van der Waals surface area contributed by atoms with Gasteiger partial charge in [-0.3, -0.25) is 0 Å². The first-order chi connectivity index (χ1) is 8.57. The standard InChI is InChI=1S/C13H20N2O2S/c14-13(12-4-2-1-3-5-12)10-15-18(16,17)9-8-11-6-7-11/h1-5,11,13,15H,6-10,14H2. The number of hydrogen-bond donors (Lipinski definition) is 2. The summed E-state index contributed by atoms with van der Waals surface area (Å²) in [6, 6.07) is 9.23. The van der Waals surface area contributed by atoms with E-state index in [0.29, 0.717) is 5.92 Å². The molecule has 0 saturated heterocycles. The molecule has 1 saturated carbocycles. The highest BCUT2D eigenvalue weighted by molar-refractivity contribution is 7.89. The van der Waals surface area contributed by atoms with Crippen LogP contribution in [0.15, 0.2) is 30.3 Å². The van der Waals surface area contributed by atoms with Gasteiger partial charge in [-0.1, -0.05) is 43.2 Å². The summed E-state index contributed by atoms with van der Waals surface area (Å²) in [7, 11) is -3.17. The van der Waals surface area contributed by atoms with E-state index in [2.05, 4.69) is 4.72 Å². The molecular weight excluding hydrogens is 248 g/mol. The first kappa shape index (κ1) is 13.5. The van der Waals surface area contributed by atoms with Gasteiger partial charge in [-0.2, -0.15) is 0 Å². The maximum absolute atomic E-state index is 11.7. The Balaban J connectivity index is 1.79. The maximum Gasteiger partial charge on any atom is 0.211 e. The molecule has 1 aliphatic carbocycles. The molecule has 0 heterocycles. The van der Waals surface area contributed by atoms with Gasteiger partial charge in [0.05, 0.1) is 5.75 Å². The summed E-state index contributed by atoms with van der Waals surface area (Å²) < 4.78 is 26.1. The Bertz CT molecular complexity index is 469. The second kappa shape index (κ2) is 5.82. The molecule has 0 spiro atoms. The summed E-state index contributed by atoms with van der Waals surface area (Å²) in [4.78, 5) is 0. The number of sulfonamides is 1. The first-order valence-electron chi connectivity index (χ1n) is 6.35. The number of benzene rings is 1. The van der Waals surface area contributed by atoms with Crippen molar-refractivity contribution in [2.24, 2.45) is 11.7 Å². The summed E-state index contributed by atoms with van der Waals surface area (Å²) in [6.45, 7) is 0.261. The summed E-state index contributed by atoms with van der Waals surface area (Å²) in [6.07, 6.45) is 3.13. The van der Waals surface area contributed by atoms with E-state index in [1.807, 2.05) is 30.3 Å². The highest BCUT2D eigenvalue weighted by Gasteiger charge is 2.24. The molecule has 1 aliphatic rings. The molecule has 1 atom stereocenters. The van der Waals surface area contributed by atoms with Crippen molar-refractivity contribution < 1.29 is 8.42 Å². The van der Waals surface area contributed by atoms with Crippen LogP contribution in [-0.2, 0) is 10.0 Å². The fraction of sp³-hybridized carbons (Fsp3) is 0.538. The van der Waals surface area contributed by atoms with E-state index in [4.69, 9.17) is 5.73 Å². The van der Waals surface area contributed by atoms with Gasteiger partial charge in [-0.25, -0.2) is 13.1 Å². The molecule has 0 radical (unpaired) electrons. The van der Waals surface area contributed by atoms with Gasteiger partial charge in [-0.15, -0.1) is 0 Å². The van der Waals surface area contributed by atoms with Crippen LogP contribution in [0.5, 0.6) is 0 Å². The lowest BCUT2D eigenvalue weighted by Gasteiger charge is -2.13. The quantitative estimate of drug-likeness (QED) is 0.785. The Hall–Kier alpha value is -0.910. The highest BCUT2D eigenvalue weighted by atomic mass is 32.2. The van der Waals surface area contributed by atoms with Gasteiger partial charge in [0.25, 0.3) is 0 Å². The lowest BCUT2D eigenvalue weighted by Crippen LogP contribution is -2.33. The van der Waals surface area contributed by atoms with Crippen LogP contribution in [0.3, 0.4) is 0 Å². The van der Waals surface area contributed by atoms with Gasteiger partial charge in [0.2, 0.25) is 10.0 Å². The predicted molar refractivity (Wildman–Crippen MR) is 72.5 cm³/mol. The molecular formula is C13H20N2O2S. The molecule has 5 heteroatoms. The average Bonchev–Trinajstić information content (AvgIpc) is 3.19. The summed E-state index contributed by atoms with van der Waals surface area (Å²) in [5, 5.41) is 0. The molecule has 0 bridgehead atoms. The molecule has 1 fully saturated rings. The first-order valence-corrected chi connectivity index (χ1v) is 8.00. The number of rotatable bonds is 7. The van der Waals surface area contributed by atoms with Crippen LogP contribution in [0.4, 0.5) is 0 Å². The van der Waals surface area contributed by atoms with Gasteiger partial charge in [-0.05, 0) is 17.9 Å². The normalized spacial score (nSPS) is 17.6. The zero-order valence-corrected chi connectivity index (χ0v) is 11.2. The topological polar surface area (TPSA) is 72.2 Å². The van der Waals surface area contributed by atoms with Crippen molar-refractivity contribution in [3.63, 3.8) is 0 Å². The van der Waals surface area contributed by atoms with Gasteiger partial charge in [0.15, 0.2) is 0 Å². The maximum atomic E-state index is 11.7. The molecule has 1 aromatic rings. The third kappa shape index (κ3) is 4.40. The Labute approximate surface area is 109 Å². The van der Waals surface area contributed by atoms with Crippen molar-refractivity contribution in [1.29, 1.82) is 0 Å². The Morgan fingerprint density at radius 2 is 1.94 bits per heavy atom. The van der Waals surface area contributed by atoms with Crippen molar-refractivity contribution in [2.75, 3.05) is 12.3 Å². The SMILES string of the molecule is NC(CNS(=O)(=O)CCC1CC1)c1ccccc1. The third-order valence-corrected chi connectivity index (χ3v) is 4.62. The van der Waals surface area contributed by atoms with Crippen LogP contribution in [0.2, 0.25) is 0 Å². The van der Waals surface area contributed by atoms with E-state index in [-0.39, 0.29) is 18.3 Å². The Kier molecular flexibility index (Phi) is 4.37. The van der Waals surface area contributed by atoms with Gasteiger partial charge < -0.3 is 5.73 Å². The van der Waals surface area contributed by atoms with Gasteiger partial charge in [0.1, 0.15) is 0 Å². The van der Waals surface area contributed by atoms with Crippen LogP contribution in [0, 0.1) is 5.92 Å². The molecule has 0 aromatic heterocycles. The number of nitrogens with two attached hydrogens (primary N) is 1. The van der Waals surface area contributed by atoms with Crippen LogP contribution in [0.25, 0.3) is 0 Å². The molecule has 3 N–H and O–H groups in total. The molecule has 100 valence electrons. The van der Waals surface area contributed by atoms with Crippen LogP contribution < -0.4 is 10.5 Å². The molecule has 1 unspecified atom stereocenters. The predicted octanol–water partition coefficient (Wildman–Crippen LogP) is 1.41. The van der Waals surface area contributed by atoms with E-state index >= 15 is 0 Å². The molecule has 18 heavy (non-hydrogen) atoms. The Morgan fingerprint density at radius 1 is 1.28 bits per heavy atom. The fourth-order valence-corrected chi connectivity index (χ4v) is 3.06. The molecule has 4 nitrogen and oxygen atoms in total. The van der Waals surface area contributed by atoms with E-state index in [1.165, 1.54) is 12.8 Å². The van der Waals surface area contributed by atoms with Crippen molar-refractivity contribution in [3.8, 4) is 0 Å². The average molecular weight is 268 g/mol.